The van der Waals surface area contributed by atoms with Crippen LogP contribution in [0.15, 0.2) is 24.3 Å². The molecule has 2 aliphatic rings. The summed E-state index contributed by atoms with van der Waals surface area (Å²) in [5.41, 5.74) is 7.61. The first-order valence-electron chi connectivity index (χ1n) is 7.94. The molecular weight excluding hydrogens is 267 g/mol. The van der Waals surface area contributed by atoms with Gasteiger partial charge in [0.2, 0.25) is 0 Å². The third kappa shape index (κ3) is 3.73. The molecule has 2 atom stereocenters. The van der Waals surface area contributed by atoms with Crippen molar-refractivity contribution in [2.45, 2.75) is 31.8 Å². The molecule has 3 rings (SSSR count). The summed E-state index contributed by atoms with van der Waals surface area (Å²) in [6.07, 6.45) is 2.30. The lowest BCUT2D eigenvalue weighted by Gasteiger charge is -2.34. The Hall–Kier alpha value is -1.17. The molecule has 0 bridgehead atoms. The molecule has 2 unspecified atom stereocenters. The second-order valence-electron chi connectivity index (χ2n) is 6.22. The van der Waals surface area contributed by atoms with Gasteiger partial charge in [-0.25, -0.2) is 4.39 Å². The third-order valence-corrected chi connectivity index (χ3v) is 4.76. The molecule has 2 heterocycles. The quantitative estimate of drug-likeness (QED) is 0.786. The van der Waals surface area contributed by atoms with Gasteiger partial charge in [0.15, 0.2) is 0 Å². The van der Waals surface area contributed by atoms with E-state index in [0.717, 1.165) is 44.7 Å². The van der Waals surface area contributed by atoms with Crippen LogP contribution in [0.25, 0.3) is 0 Å². The lowest BCUT2D eigenvalue weighted by atomic mass is 10.0. The van der Waals surface area contributed by atoms with Crippen LogP contribution in [0, 0.1) is 11.7 Å². The van der Waals surface area contributed by atoms with E-state index >= 15 is 0 Å². The first-order chi connectivity index (χ1) is 10.2. The molecule has 0 amide bonds. The fourth-order valence-corrected chi connectivity index (χ4v) is 3.21. The smallest absolute Gasteiger partial charge is 0.123 e. The molecule has 0 aliphatic carbocycles. The number of nitrogens with one attached hydrogen (secondary N) is 3. The maximum atomic E-state index is 13.0. The fourth-order valence-electron chi connectivity index (χ4n) is 3.21. The molecule has 1 aromatic carbocycles. The van der Waals surface area contributed by atoms with Gasteiger partial charge in [-0.2, -0.15) is 0 Å². The average molecular weight is 292 g/mol. The van der Waals surface area contributed by atoms with Crippen molar-refractivity contribution in [3.63, 3.8) is 0 Å². The summed E-state index contributed by atoms with van der Waals surface area (Å²) in [5, 5.41) is 3.71. The lowest BCUT2D eigenvalue weighted by molar-refractivity contribution is 0.369. The Morgan fingerprint density at radius 3 is 2.57 bits per heavy atom. The zero-order chi connectivity index (χ0) is 14.7. The predicted octanol–water partition coefficient (Wildman–Crippen LogP) is 1.50. The minimum absolute atomic E-state index is 0.164. The molecule has 1 aromatic rings. The van der Waals surface area contributed by atoms with Crippen LogP contribution in [0.5, 0.6) is 0 Å². The normalized spacial score (nSPS) is 27.2. The molecule has 21 heavy (non-hydrogen) atoms. The Morgan fingerprint density at radius 2 is 1.95 bits per heavy atom. The Bertz CT molecular complexity index is 442. The van der Waals surface area contributed by atoms with Gasteiger partial charge in [-0.15, -0.1) is 0 Å². The van der Waals surface area contributed by atoms with Crippen LogP contribution in [0.4, 0.5) is 10.1 Å². The van der Waals surface area contributed by atoms with Crippen molar-refractivity contribution < 1.29 is 4.39 Å². The van der Waals surface area contributed by atoms with E-state index in [1.54, 1.807) is 12.1 Å². The largest absolute Gasteiger partial charge is 0.371 e. The van der Waals surface area contributed by atoms with E-state index < -0.39 is 0 Å². The summed E-state index contributed by atoms with van der Waals surface area (Å²) in [6, 6.07) is 7.98. The van der Waals surface area contributed by atoms with Crippen molar-refractivity contribution in [2.75, 3.05) is 31.1 Å². The van der Waals surface area contributed by atoms with Crippen molar-refractivity contribution in [1.29, 1.82) is 0 Å². The van der Waals surface area contributed by atoms with E-state index in [9.17, 15) is 4.39 Å². The number of hydrogen-bond donors (Lipinski definition) is 3. The average Bonchev–Trinajstić information content (AvgIpc) is 2.92. The summed E-state index contributed by atoms with van der Waals surface area (Å²) in [7, 11) is 0. The number of rotatable bonds is 4. The van der Waals surface area contributed by atoms with Gasteiger partial charge in [-0.05, 0) is 44.0 Å². The van der Waals surface area contributed by atoms with E-state index in [-0.39, 0.29) is 5.82 Å². The van der Waals surface area contributed by atoms with Gasteiger partial charge in [0.05, 0.1) is 0 Å². The molecule has 2 aliphatic heterocycles. The van der Waals surface area contributed by atoms with Crippen molar-refractivity contribution in [3.05, 3.63) is 30.1 Å². The summed E-state index contributed by atoms with van der Waals surface area (Å²) in [6.45, 7) is 6.43. The predicted molar refractivity (Wildman–Crippen MR) is 83.7 cm³/mol. The van der Waals surface area contributed by atoms with Crippen LogP contribution in [-0.4, -0.2) is 38.3 Å². The first kappa shape index (κ1) is 14.8. The first-order valence-corrected chi connectivity index (χ1v) is 7.94. The molecule has 5 heteroatoms. The number of hydrogen-bond acceptors (Lipinski definition) is 4. The van der Waals surface area contributed by atoms with Crippen molar-refractivity contribution in [1.82, 2.24) is 16.2 Å². The summed E-state index contributed by atoms with van der Waals surface area (Å²) in [4.78, 5) is 2.35. The van der Waals surface area contributed by atoms with Gasteiger partial charge in [0.25, 0.3) is 0 Å². The maximum absolute atomic E-state index is 13.0. The number of piperidine rings is 1. The van der Waals surface area contributed by atoms with E-state index in [1.807, 2.05) is 12.1 Å². The van der Waals surface area contributed by atoms with E-state index in [0.29, 0.717) is 18.0 Å². The standard InChI is InChI=1S/C16H25FN4/c1-12-13(11-19-20-12)10-18-15-6-8-21(9-7-15)16-4-2-14(17)3-5-16/h2-5,12-13,15,18-20H,6-11H2,1H3. The number of halogens is 1. The maximum Gasteiger partial charge on any atom is 0.123 e. The van der Waals surface area contributed by atoms with Gasteiger partial charge in [0, 0.05) is 49.9 Å². The third-order valence-electron chi connectivity index (χ3n) is 4.76. The van der Waals surface area contributed by atoms with E-state index in [1.165, 1.54) is 0 Å². The Balaban J connectivity index is 1.43. The molecular formula is C16H25FN4. The number of nitrogens with zero attached hydrogens (tertiary/aromatic N) is 1. The van der Waals surface area contributed by atoms with Gasteiger partial charge in [0.1, 0.15) is 5.82 Å². The second kappa shape index (κ2) is 6.73. The molecule has 0 spiro atoms. The molecule has 0 saturated carbocycles. The highest BCUT2D eigenvalue weighted by Gasteiger charge is 2.25. The topological polar surface area (TPSA) is 39.3 Å². The SMILES string of the molecule is CC1NNCC1CNC1CCN(c2ccc(F)cc2)CC1. The highest BCUT2D eigenvalue weighted by atomic mass is 19.1. The minimum atomic E-state index is -0.164. The molecule has 0 aromatic heterocycles. The van der Waals surface area contributed by atoms with Crippen LogP contribution < -0.4 is 21.1 Å². The lowest BCUT2D eigenvalue weighted by Crippen LogP contribution is -2.45. The van der Waals surface area contributed by atoms with Crippen LogP contribution in [0.1, 0.15) is 19.8 Å². The highest BCUT2D eigenvalue weighted by molar-refractivity contribution is 5.46. The molecule has 0 radical (unpaired) electrons. The van der Waals surface area contributed by atoms with Gasteiger partial charge in [-0.3, -0.25) is 10.9 Å². The Morgan fingerprint density at radius 1 is 1.24 bits per heavy atom. The van der Waals surface area contributed by atoms with Crippen molar-refractivity contribution in [2.24, 2.45) is 5.92 Å². The summed E-state index contributed by atoms with van der Waals surface area (Å²) in [5.74, 6) is 0.503. The number of hydrazine groups is 1. The summed E-state index contributed by atoms with van der Waals surface area (Å²) < 4.78 is 13.0. The van der Waals surface area contributed by atoms with Gasteiger partial charge < -0.3 is 10.2 Å². The second-order valence-corrected chi connectivity index (χ2v) is 6.22. The van der Waals surface area contributed by atoms with Crippen LogP contribution in [0.3, 0.4) is 0 Å². The van der Waals surface area contributed by atoms with Crippen LogP contribution >= 0.6 is 0 Å². The Kier molecular flexibility index (Phi) is 4.73. The molecule has 116 valence electrons. The minimum Gasteiger partial charge on any atom is -0.371 e. The number of anilines is 1. The summed E-state index contributed by atoms with van der Waals surface area (Å²) >= 11 is 0. The number of benzene rings is 1. The molecule has 4 nitrogen and oxygen atoms in total. The monoisotopic (exact) mass is 292 g/mol. The fraction of sp³-hybridized carbons (Fsp3) is 0.625. The van der Waals surface area contributed by atoms with Crippen molar-refractivity contribution >= 4 is 5.69 Å². The van der Waals surface area contributed by atoms with E-state index in [2.05, 4.69) is 28.0 Å². The van der Waals surface area contributed by atoms with E-state index in [4.69, 9.17) is 0 Å². The van der Waals surface area contributed by atoms with Gasteiger partial charge >= 0.3 is 0 Å². The highest BCUT2D eigenvalue weighted by Crippen LogP contribution is 2.20. The van der Waals surface area contributed by atoms with Crippen molar-refractivity contribution in [3.8, 4) is 0 Å². The Labute approximate surface area is 126 Å². The zero-order valence-corrected chi connectivity index (χ0v) is 12.6. The van der Waals surface area contributed by atoms with Gasteiger partial charge in [-0.1, -0.05) is 0 Å². The zero-order valence-electron chi connectivity index (χ0n) is 12.6. The van der Waals surface area contributed by atoms with Crippen LogP contribution in [-0.2, 0) is 0 Å². The van der Waals surface area contributed by atoms with Crippen LogP contribution in [0.2, 0.25) is 0 Å². The molecule has 3 N–H and O–H groups in total. The molecule has 2 saturated heterocycles. The molecule has 2 fully saturated rings.